The summed E-state index contributed by atoms with van der Waals surface area (Å²) in [4.78, 5) is 19.4. The van der Waals surface area contributed by atoms with Crippen LogP contribution in [0, 0.1) is 0 Å². The number of carboxylic acid groups (broad SMARTS) is 1. The summed E-state index contributed by atoms with van der Waals surface area (Å²) < 4.78 is 0. The van der Waals surface area contributed by atoms with Crippen molar-refractivity contribution in [2.75, 3.05) is 30.4 Å². The average Bonchev–Trinajstić information content (AvgIpc) is 2.70. The van der Waals surface area contributed by atoms with Gasteiger partial charge in [0.1, 0.15) is 5.82 Å². The van der Waals surface area contributed by atoms with Gasteiger partial charge in [0.15, 0.2) is 0 Å². The molecule has 152 valence electrons. The van der Waals surface area contributed by atoms with Crippen LogP contribution in [0.2, 0.25) is 0 Å². The molecule has 2 rings (SSSR count). The largest absolute Gasteiger partial charge is 0.481 e. The minimum Gasteiger partial charge on any atom is -0.481 e. The highest BCUT2D eigenvalue weighted by molar-refractivity contribution is 5.66. The summed E-state index contributed by atoms with van der Waals surface area (Å²) in [7, 11) is 4.10. The van der Waals surface area contributed by atoms with Crippen LogP contribution in [-0.4, -0.2) is 36.7 Å². The average molecular weight is 384 g/mol. The number of hydrogen-bond donors (Lipinski definition) is 1. The molecule has 5 nitrogen and oxygen atoms in total. The van der Waals surface area contributed by atoms with Crippen LogP contribution in [-0.2, 0) is 4.79 Å². The Balaban J connectivity index is 1.82. The number of unbranched alkanes of at least 4 members (excludes halogenated alkanes) is 6. The summed E-state index contributed by atoms with van der Waals surface area (Å²) in [6.45, 7) is 0.942. The maximum atomic E-state index is 10.5. The fourth-order valence-corrected chi connectivity index (χ4v) is 3.25. The van der Waals surface area contributed by atoms with E-state index < -0.39 is 5.97 Å². The first-order valence-electron chi connectivity index (χ1n) is 10.3. The second-order valence-corrected chi connectivity index (χ2v) is 7.37. The Kier molecular flexibility index (Phi) is 9.32. The predicted octanol–water partition coefficient (Wildman–Crippen LogP) is 5.49. The summed E-state index contributed by atoms with van der Waals surface area (Å²) in [6, 6.07) is 14.6. The summed E-state index contributed by atoms with van der Waals surface area (Å²) in [5.41, 5.74) is 2.35. The van der Waals surface area contributed by atoms with Gasteiger partial charge in [0, 0.05) is 44.6 Å². The van der Waals surface area contributed by atoms with Crippen molar-refractivity contribution in [2.24, 2.45) is 0 Å². The van der Waals surface area contributed by atoms with Crippen LogP contribution < -0.4 is 9.80 Å². The molecule has 1 aromatic heterocycles. The zero-order valence-electron chi connectivity index (χ0n) is 17.2. The van der Waals surface area contributed by atoms with Crippen molar-refractivity contribution in [2.45, 2.75) is 51.4 Å². The first kappa shape index (κ1) is 21.7. The van der Waals surface area contributed by atoms with Crippen LogP contribution in [0.25, 0.3) is 0 Å². The lowest BCUT2D eigenvalue weighted by atomic mass is 10.1. The quantitative estimate of drug-likeness (QED) is 0.463. The van der Waals surface area contributed by atoms with Gasteiger partial charge in [0.2, 0.25) is 0 Å². The van der Waals surface area contributed by atoms with Crippen molar-refractivity contribution < 1.29 is 9.90 Å². The van der Waals surface area contributed by atoms with Crippen molar-refractivity contribution in [3.8, 4) is 0 Å². The van der Waals surface area contributed by atoms with Crippen molar-refractivity contribution in [3.63, 3.8) is 0 Å². The molecule has 0 amide bonds. The Morgan fingerprint density at radius 3 is 2.04 bits per heavy atom. The molecule has 1 N–H and O–H groups in total. The van der Waals surface area contributed by atoms with E-state index in [-0.39, 0.29) is 0 Å². The molecular formula is C23H33N3O2. The molecule has 28 heavy (non-hydrogen) atoms. The van der Waals surface area contributed by atoms with E-state index in [1.807, 2.05) is 32.4 Å². The normalized spacial score (nSPS) is 10.6. The van der Waals surface area contributed by atoms with Gasteiger partial charge in [0.05, 0.1) is 0 Å². The minimum atomic E-state index is -0.687. The van der Waals surface area contributed by atoms with Crippen LogP contribution in [0.1, 0.15) is 51.4 Å². The third-order valence-electron chi connectivity index (χ3n) is 4.88. The van der Waals surface area contributed by atoms with E-state index >= 15 is 0 Å². The zero-order chi connectivity index (χ0) is 20.2. The van der Waals surface area contributed by atoms with Gasteiger partial charge in [-0.05, 0) is 49.2 Å². The summed E-state index contributed by atoms with van der Waals surface area (Å²) in [5, 5.41) is 8.66. The highest BCUT2D eigenvalue weighted by Crippen LogP contribution is 2.26. The van der Waals surface area contributed by atoms with E-state index in [0.29, 0.717) is 6.42 Å². The predicted molar refractivity (Wildman–Crippen MR) is 117 cm³/mol. The Hall–Kier alpha value is -2.56. The Morgan fingerprint density at radius 1 is 0.857 bits per heavy atom. The second kappa shape index (κ2) is 12.0. The molecule has 0 saturated heterocycles. The standard InChI is InChI=1S/C23H33N3O2/c1-25(2)20-14-16-21(17-15-20)26(22-12-9-10-18-24-22)19-11-7-5-3-4-6-8-13-23(27)28/h9-10,12,14-18H,3-8,11,13,19H2,1-2H3,(H,27,28). The van der Waals surface area contributed by atoms with E-state index in [9.17, 15) is 4.79 Å². The number of rotatable bonds is 13. The lowest BCUT2D eigenvalue weighted by molar-refractivity contribution is -0.137. The van der Waals surface area contributed by atoms with Gasteiger partial charge in [-0.3, -0.25) is 4.79 Å². The Bertz CT molecular complexity index is 687. The maximum absolute atomic E-state index is 10.5. The first-order valence-corrected chi connectivity index (χ1v) is 10.3. The van der Waals surface area contributed by atoms with E-state index in [0.717, 1.165) is 43.7 Å². The molecule has 1 aromatic carbocycles. The molecule has 0 aliphatic heterocycles. The molecule has 0 spiro atoms. The molecule has 1 heterocycles. The number of anilines is 3. The van der Waals surface area contributed by atoms with Crippen molar-refractivity contribution >= 4 is 23.2 Å². The van der Waals surface area contributed by atoms with E-state index in [2.05, 4.69) is 45.1 Å². The van der Waals surface area contributed by atoms with Gasteiger partial charge in [0.25, 0.3) is 0 Å². The third kappa shape index (κ3) is 7.59. The van der Waals surface area contributed by atoms with Gasteiger partial charge in [-0.2, -0.15) is 0 Å². The topological polar surface area (TPSA) is 56.7 Å². The van der Waals surface area contributed by atoms with Gasteiger partial charge in [-0.25, -0.2) is 4.98 Å². The van der Waals surface area contributed by atoms with Crippen molar-refractivity contribution in [3.05, 3.63) is 48.7 Å². The number of aliphatic carboxylic acids is 1. The number of hydrogen-bond acceptors (Lipinski definition) is 4. The summed E-state index contributed by atoms with van der Waals surface area (Å²) >= 11 is 0. The fraction of sp³-hybridized carbons (Fsp3) is 0.478. The number of nitrogens with zero attached hydrogens (tertiary/aromatic N) is 3. The molecule has 5 heteroatoms. The van der Waals surface area contributed by atoms with Gasteiger partial charge >= 0.3 is 5.97 Å². The molecule has 0 radical (unpaired) electrons. The molecule has 2 aromatic rings. The first-order chi connectivity index (χ1) is 13.6. The number of pyridine rings is 1. The van der Waals surface area contributed by atoms with Gasteiger partial charge in [-0.15, -0.1) is 0 Å². The molecule has 0 unspecified atom stereocenters. The highest BCUT2D eigenvalue weighted by atomic mass is 16.4. The number of benzene rings is 1. The lowest BCUT2D eigenvalue weighted by Gasteiger charge is -2.24. The van der Waals surface area contributed by atoms with Crippen LogP contribution in [0.5, 0.6) is 0 Å². The fourth-order valence-electron chi connectivity index (χ4n) is 3.25. The summed E-state index contributed by atoms with van der Waals surface area (Å²) in [6.07, 6.45) is 9.75. The molecule has 0 atom stereocenters. The molecule has 0 aliphatic rings. The van der Waals surface area contributed by atoms with Gasteiger partial charge < -0.3 is 14.9 Å². The van der Waals surface area contributed by atoms with Crippen LogP contribution >= 0.6 is 0 Å². The van der Waals surface area contributed by atoms with Crippen molar-refractivity contribution in [1.82, 2.24) is 4.98 Å². The molecule has 0 saturated carbocycles. The van der Waals surface area contributed by atoms with E-state index in [4.69, 9.17) is 5.11 Å². The zero-order valence-corrected chi connectivity index (χ0v) is 17.2. The van der Waals surface area contributed by atoms with Crippen LogP contribution in [0.15, 0.2) is 48.7 Å². The van der Waals surface area contributed by atoms with Crippen LogP contribution in [0.3, 0.4) is 0 Å². The Morgan fingerprint density at radius 2 is 1.46 bits per heavy atom. The maximum Gasteiger partial charge on any atom is 0.303 e. The highest BCUT2D eigenvalue weighted by Gasteiger charge is 2.10. The van der Waals surface area contributed by atoms with Crippen LogP contribution in [0.4, 0.5) is 17.2 Å². The number of aromatic nitrogens is 1. The number of carbonyl (C=O) groups is 1. The van der Waals surface area contributed by atoms with Gasteiger partial charge in [-0.1, -0.05) is 38.2 Å². The molecule has 0 fully saturated rings. The monoisotopic (exact) mass is 383 g/mol. The number of carboxylic acids is 1. The minimum absolute atomic E-state index is 0.297. The second-order valence-electron chi connectivity index (χ2n) is 7.37. The van der Waals surface area contributed by atoms with E-state index in [1.54, 1.807) is 0 Å². The molecule has 0 bridgehead atoms. The third-order valence-corrected chi connectivity index (χ3v) is 4.88. The van der Waals surface area contributed by atoms with Crippen molar-refractivity contribution in [1.29, 1.82) is 0 Å². The summed E-state index contributed by atoms with van der Waals surface area (Å²) in [5.74, 6) is 0.294. The Labute approximate surface area is 169 Å². The van der Waals surface area contributed by atoms with E-state index in [1.165, 1.54) is 24.9 Å². The SMILES string of the molecule is CN(C)c1ccc(N(CCCCCCCCCC(=O)O)c2ccccn2)cc1. The smallest absolute Gasteiger partial charge is 0.303 e. The molecule has 0 aliphatic carbocycles. The lowest BCUT2D eigenvalue weighted by Crippen LogP contribution is -2.19. The molecular weight excluding hydrogens is 350 g/mol.